The Balaban J connectivity index is 1.44. The lowest BCUT2D eigenvalue weighted by Crippen LogP contribution is -2.33. The lowest BCUT2D eigenvalue weighted by molar-refractivity contribution is 0.00877. The van der Waals surface area contributed by atoms with Gasteiger partial charge in [-0.05, 0) is 18.6 Å². The van der Waals surface area contributed by atoms with Crippen molar-refractivity contribution in [3.05, 3.63) is 35.9 Å². The third-order valence-corrected chi connectivity index (χ3v) is 4.00. The number of aryl methyl sites for hydroxylation is 2. The lowest BCUT2D eigenvalue weighted by Gasteiger charge is -2.24. The predicted octanol–water partition coefficient (Wildman–Crippen LogP) is 0.788. The molecule has 4 rings (SSSR count). The molecule has 9 nitrogen and oxygen atoms in total. The molecule has 1 aliphatic rings. The van der Waals surface area contributed by atoms with Crippen molar-refractivity contribution in [3.63, 3.8) is 0 Å². The molecule has 0 fully saturated rings. The van der Waals surface area contributed by atoms with E-state index in [1.807, 2.05) is 24.7 Å². The van der Waals surface area contributed by atoms with Crippen LogP contribution in [0, 0.1) is 6.92 Å². The van der Waals surface area contributed by atoms with E-state index >= 15 is 0 Å². The minimum Gasteiger partial charge on any atom is -0.368 e. The third kappa shape index (κ3) is 2.73. The summed E-state index contributed by atoms with van der Waals surface area (Å²) in [6.45, 7) is 3.68. The van der Waals surface area contributed by atoms with E-state index in [4.69, 9.17) is 4.74 Å². The molecule has 1 N–H and O–H groups in total. The van der Waals surface area contributed by atoms with Crippen molar-refractivity contribution in [2.45, 2.75) is 26.2 Å². The molecule has 0 aliphatic carbocycles. The van der Waals surface area contributed by atoms with Gasteiger partial charge < -0.3 is 10.1 Å². The van der Waals surface area contributed by atoms with Crippen LogP contribution in [-0.4, -0.2) is 47.4 Å². The Morgan fingerprint density at radius 2 is 2.17 bits per heavy atom. The summed E-state index contributed by atoms with van der Waals surface area (Å²) in [4.78, 5) is 8.46. The topological polar surface area (TPSA) is 95.6 Å². The lowest BCUT2D eigenvalue weighted by atomic mass is 10.2. The number of nitrogens with one attached hydrogen (secondary N) is 1. The van der Waals surface area contributed by atoms with Crippen LogP contribution in [0.1, 0.15) is 11.3 Å². The highest BCUT2D eigenvalue weighted by molar-refractivity contribution is 5.56. The summed E-state index contributed by atoms with van der Waals surface area (Å²) in [6, 6.07) is 1.92. The fourth-order valence-electron chi connectivity index (χ4n) is 2.68. The second kappa shape index (κ2) is 6.00. The van der Waals surface area contributed by atoms with Gasteiger partial charge in [-0.15, -0.1) is 5.10 Å². The zero-order valence-corrected chi connectivity index (χ0v) is 13.5. The molecule has 3 aromatic heterocycles. The highest BCUT2D eigenvalue weighted by Gasteiger charge is 2.25. The average Bonchev–Trinajstić information content (AvgIpc) is 3.19. The number of rotatable bonds is 4. The van der Waals surface area contributed by atoms with Crippen molar-refractivity contribution in [1.82, 2.24) is 34.7 Å². The molecule has 3 aromatic rings. The molecule has 0 unspecified atom stereocenters. The Morgan fingerprint density at radius 1 is 1.33 bits per heavy atom. The average molecular weight is 326 g/mol. The van der Waals surface area contributed by atoms with E-state index in [2.05, 4.69) is 30.7 Å². The first kappa shape index (κ1) is 14.8. The van der Waals surface area contributed by atoms with E-state index < -0.39 is 0 Å². The zero-order valence-electron chi connectivity index (χ0n) is 13.5. The van der Waals surface area contributed by atoms with Crippen molar-refractivity contribution >= 4 is 5.95 Å². The molecular weight excluding hydrogens is 308 g/mol. The molecule has 0 saturated heterocycles. The van der Waals surface area contributed by atoms with Gasteiger partial charge in [0, 0.05) is 32.2 Å². The minimum atomic E-state index is -0.0107. The fourth-order valence-corrected chi connectivity index (χ4v) is 2.68. The Morgan fingerprint density at radius 3 is 2.92 bits per heavy atom. The zero-order chi connectivity index (χ0) is 16.5. The summed E-state index contributed by atoms with van der Waals surface area (Å²) in [6.07, 6.45) is 5.31. The number of nitrogens with zero attached hydrogens (tertiary/aromatic N) is 7. The summed E-state index contributed by atoms with van der Waals surface area (Å²) >= 11 is 0. The highest BCUT2D eigenvalue weighted by atomic mass is 16.5. The molecule has 9 heteroatoms. The Labute approximate surface area is 138 Å². The molecule has 1 atom stereocenters. The Bertz CT molecular complexity index is 838. The maximum absolute atomic E-state index is 5.94. The van der Waals surface area contributed by atoms with Gasteiger partial charge in [-0.2, -0.15) is 5.10 Å². The number of aromatic nitrogens is 7. The SMILES string of the molecule is Cc1cnc(NC[C@H]2Cn3nnc(-c4ccnn4C)c3CO2)nc1. The summed E-state index contributed by atoms with van der Waals surface area (Å²) < 4.78 is 9.62. The second-order valence-electron chi connectivity index (χ2n) is 5.80. The van der Waals surface area contributed by atoms with E-state index in [-0.39, 0.29) is 6.10 Å². The molecule has 0 bridgehead atoms. The normalized spacial score (nSPS) is 16.8. The highest BCUT2D eigenvalue weighted by Crippen LogP contribution is 2.24. The molecule has 4 heterocycles. The maximum atomic E-state index is 5.94. The van der Waals surface area contributed by atoms with Crippen LogP contribution in [0.15, 0.2) is 24.7 Å². The largest absolute Gasteiger partial charge is 0.368 e. The van der Waals surface area contributed by atoms with Crippen LogP contribution >= 0.6 is 0 Å². The number of anilines is 1. The standard InChI is InChI=1S/C15H18N8O/c1-10-5-16-15(17-6-10)18-7-11-8-23-13(9-24-11)14(20-21-23)12-3-4-19-22(12)2/h3-6,11H,7-9H2,1-2H3,(H,16,17,18)/t11-/m0/s1. The van der Waals surface area contributed by atoms with Gasteiger partial charge >= 0.3 is 0 Å². The van der Waals surface area contributed by atoms with Gasteiger partial charge in [0.15, 0.2) is 0 Å². The van der Waals surface area contributed by atoms with Gasteiger partial charge in [-0.3, -0.25) is 4.68 Å². The first-order valence-electron chi connectivity index (χ1n) is 7.75. The third-order valence-electron chi connectivity index (χ3n) is 4.00. The Kier molecular flexibility index (Phi) is 3.69. The number of hydrogen-bond acceptors (Lipinski definition) is 7. The number of ether oxygens (including phenoxy) is 1. The van der Waals surface area contributed by atoms with E-state index in [0.717, 1.165) is 22.6 Å². The van der Waals surface area contributed by atoms with Crippen molar-refractivity contribution in [1.29, 1.82) is 0 Å². The molecule has 0 spiro atoms. The van der Waals surface area contributed by atoms with E-state index in [9.17, 15) is 0 Å². The van der Waals surface area contributed by atoms with Crippen LogP contribution in [0.25, 0.3) is 11.4 Å². The smallest absolute Gasteiger partial charge is 0.222 e. The van der Waals surface area contributed by atoms with Gasteiger partial charge in [0.25, 0.3) is 0 Å². The number of hydrogen-bond donors (Lipinski definition) is 1. The van der Waals surface area contributed by atoms with Crippen molar-refractivity contribution in [2.24, 2.45) is 7.05 Å². The van der Waals surface area contributed by atoms with Crippen molar-refractivity contribution < 1.29 is 4.74 Å². The van der Waals surface area contributed by atoms with Crippen LogP contribution in [0.3, 0.4) is 0 Å². The Hall–Kier alpha value is -2.81. The summed E-state index contributed by atoms with van der Waals surface area (Å²) in [7, 11) is 1.89. The van der Waals surface area contributed by atoms with Gasteiger partial charge in [0.1, 0.15) is 5.69 Å². The molecule has 24 heavy (non-hydrogen) atoms. The van der Waals surface area contributed by atoms with Gasteiger partial charge in [-0.25, -0.2) is 14.6 Å². The monoisotopic (exact) mass is 326 g/mol. The number of fused-ring (bicyclic) bond motifs is 1. The maximum Gasteiger partial charge on any atom is 0.222 e. The quantitative estimate of drug-likeness (QED) is 0.757. The second-order valence-corrected chi connectivity index (χ2v) is 5.80. The molecule has 0 amide bonds. The van der Waals surface area contributed by atoms with Crippen molar-refractivity contribution in [3.8, 4) is 11.4 Å². The molecule has 1 aliphatic heterocycles. The molecule has 0 saturated carbocycles. The van der Waals surface area contributed by atoms with E-state index in [1.54, 1.807) is 23.3 Å². The molecule has 124 valence electrons. The fraction of sp³-hybridized carbons (Fsp3) is 0.400. The van der Waals surface area contributed by atoms with Crippen LogP contribution in [0.2, 0.25) is 0 Å². The minimum absolute atomic E-state index is 0.0107. The first-order chi connectivity index (χ1) is 11.7. The van der Waals surface area contributed by atoms with Gasteiger partial charge in [0.05, 0.1) is 30.6 Å². The van der Waals surface area contributed by atoms with E-state index in [0.29, 0.717) is 25.6 Å². The molecule has 0 aromatic carbocycles. The van der Waals surface area contributed by atoms with Crippen LogP contribution in [0.4, 0.5) is 5.95 Å². The molecule has 0 radical (unpaired) electrons. The van der Waals surface area contributed by atoms with Crippen molar-refractivity contribution in [2.75, 3.05) is 11.9 Å². The van der Waals surface area contributed by atoms with Crippen LogP contribution in [0.5, 0.6) is 0 Å². The van der Waals surface area contributed by atoms with E-state index in [1.165, 1.54) is 0 Å². The van der Waals surface area contributed by atoms with Gasteiger partial charge in [0.2, 0.25) is 5.95 Å². The van der Waals surface area contributed by atoms with Crippen LogP contribution < -0.4 is 5.32 Å². The summed E-state index contributed by atoms with van der Waals surface area (Å²) in [5.41, 5.74) is 3.76. The van der Waals surface area contributed by atoms with Crippen LogP contribution in [-0.2, 0) is 24.9 Å². The molecular formula is C15H18N8O. The predicted molar refractivity (Wildman–Crippen MR) is 86.1 cm³/mol. The first-order valence-corrected chi connectivity index (χ1v) is 7.75. The summed E-state index contributed by atoms with van der Waals surface area (Å²) in [5, 5.41) is 15.9. The summed E-state index contributed by atoms with van der Waals surface area (Å²) in [5.74, 6) is 0.601. The van der Waals surface area contributed by atoms with Gasteiger partial charge in [-0.1, -0.05) is 5.21 Å².